The summed E-state index contributed by atoms with van der Waals surface area (Å²) in [5.41, 5.74) is 1.62. The molecule has 1 aliphatic heterocycles. The monoisotopic (exact) mass is 265 g/mol. The van der Waals surface area contributed by atoms with E-state index in [1.807, 2.05) is 24.3 Å². The molecule has 0 saturated heterocycles. The smallest absolute Gasteiger partial charge is 0.245 e. The van der Waals surface area contributed by atoms with E-state index in [0.717, 1.165) is 11.3 Å². The highest BCUT2D eigenvalue weighted by molar-refractivity contribution is 7.94. The summed E-state index contributed by atoms with van der Waals surface area (Å²) in [7, 11) is -0.123. The van der Waals surface area contributed by atoms with Crippen molar-refractivity contribution in [1.29, 1.82) is 0 Å². The van der Waals surface area contributed by atoms with Gasteiger partial charge in [-0.25, -0.2) is 8.42 Å². The average Bonchev–Trinajstić information content (AvgIpc) is 2.92. The normalized spacial score (nSPS) is 22.4. The number of nitrogens with zero attached hydrogens (tertiary/aromatic N) is 1. The van der Waals surface area contributed by atoms with E-state index in [-0.39, 0.29) is 0 Å². The van der Waals surface area contributed by atoms with Crippen LogP contribution in [0.1, 0.15) is 18.4 Å². The molecular formula is C13H15NO3S. The van der Waals surface area contributed by atoms with Crippen molar-refractivity contribution in [3.63, 3.8) is 0 Å². The van der Waals surface area contributed by atoms with E-state index in [4.69, 9.17) is 4.74 Å². The molecule has 5 heteroatoms. The summed E-state index contributed by atoms with van der Waals surface area (Å²) in [6, 6.07) is 5.47. The summed E-state index contributed by atoms with van der Waals surface area (Å²) in [4.78, 5) is 0. The summed E-state index contributed by atoms with van der Waals surface area (Å²) < 4.78 is 31.0. The first kappa shape index (κ1) is 11.6. The van der Waals surface area contributed by atoms with Gasteiger partial charge in [-0.2, -0.15) is 0 Å². The molecule has 1 spiro atoms. The number of sulfonamides is 1. The average molecular weight is 265 g/mol. The highest BCUT2D eigenvalue weighted by Gasteiger charge is 2.54. The Morgan fingerprint density at radius 1 is 1.28 bits per heavy atom. The van der Waals surface area contributed by atoms with Gasteiger partial charge in [0.15, 0.2) is 0 Å². The van der Waals surface area contributed by atoms with Gasteiger partial charge in [0.25, 0.3) is 0 Å². The van der Waals surface area contributed by atoms with Crippen LogP contribution in [0.4, 0.5) is 5.69 Å². The highest BCUT2D eigenvalue weighted by atomic mass is 32.2. The predicted molar refractivity (Wildman–Crippen MR) is 70.4 cm³/mol. The molecular weight excluding hydrogens is 250 g/mol. The molecule has 1 heterocycles. The number of rotatable bonds is 1. The second-order valence-electron chi connectivity index (χ2n) is 4.73. The van der Waals surface area contributed by atoms with Crippen LogP contribution >= 0.6 is 0 Å². The lowest BCUT2D eigenvalue weighted by Gasteiger charge is -2.23. The molecule has 0 bridgehead atoms. The molecule has 1 aliphatic carbocycles. The maximum absolute atomic E-state index is 12.6. The van der Waals surface area contributed by atoms with E-state index >= 15 is 0 Å². The lowest BCUT2D eigenvalue weighted by atomic mass is 9.94. The summed E-state index contributed by atoms with van der Waals surface area (Å²) in [5, 5.41) is 0. The van der Waals surface area contributed by atoms with Crippen molar-refractivity contribution < 1.29 is 13.2 Å². The van der Waals surface area contributed by atoms with Gasteiger partial charge >= 0.3 is 0 Å². The van der Waals surface area contributed by atoms with Crippen LogP contribution < -0.4 is 9.04 Å². The number of fused-ring (bicyclic) bond motifs is 2. The third kappa shape index (κ3) is 1.17. The molecule has 2 aliphatic rings. The van der Waals surface area contributed by atoms with Crippen LogP contribution in [0.25, 0.3) is 0 Å². The van der Waals surface area contributed by atoms with Gasteiger partial charge in [0.2, 0.25) is 10.0 Å². The summed E-state index contributed by atoms with van der Waals surface area (Å²) >= 11 is 0. The Labute approximate surface area is 107 Å². The minimum atomic E-state index is -3.33. The van der Waals surface area contributed by atoms with Crippen LogP contribution in [0.3, 0.4) is 0 Å². The van der Waals surface area contributed by atoms with Crippen molar-refractivity contribution in [2.45, 2.75) is 17.6 Å². The Kier molecular flexibility index (Phi) is 2.26. The summed E-state index contributed by atoms with van der Waals surface area (Å²) in [6.07, 6.45) is 4.97. The molecule has 0 fully saturated rings. The zero-order valence-corrected chi connectivity index (χ0v) is 11.2. The van der Waals surface area contributed by atoms with E-state index in [0.29, 0.717) is 18.6 Å². The van der Waals surface area contributed by atoms with Crippen LogP contribution in [-0.2, 0) is 14.8 Å². The maximum Gasteiger partial charge on any atom is 0.245 e. The first-order chi connectivity index (χ1) is 8.53. The molecule has 96 valence electrons. The van der Waals surface area contributed by atoms with Crippen molar-refractivity contribution in [2.24, 2.45) is 0 Å². The third-order valence-electron chi connectivity index (χ3n) is 3.95. The predicted octanol–water partition coefficient (Wildman–Crippen LogP) is 2.02. The van der Waals surface area contributed by atoms with E-state index in [1.54, 1.807) is 20.2 Å². The first-order valence-corrected chi connectivity index (χ1v) is 7.29. The number of benzene rings is 1. The van der Waals surface area contributed by atoms with E-state index < -0.39 is 14.8 Å². The summed E-state index contributed by atoms with van der Waals surface area (Å²) in [5.74, 6) is 0.700. The SMILES string of the molecule is COc1ccc2c(c1)C1(CC=CC1)S(=O)(=O)N2C. The fourth-order valence-electron chi connectivity index (χ4n) is 2.87. The van der Waals surface area contributed by atoms with Crippen LogP contribution in [0.5, 0.6) is 5.75 Å². The molecule has 4 nitrogen and oxygen atoms in total. The standard InChI is InChI=1S/C13H15NO3S/c1-14-12-6-5-10(17-2)9-11(12)13(18(14,15)16)7-3-4-8-13/h3-6,9H,7-8H2,1-2H3. The number of methoxy groups -OCH3 is 1. The van der Waals surface area contributed by atoms with Gasteiger partial charge in [0, 0.05) is 12.6 Å². The molecule has 0 unspecified atom stereocenters. The number of hydrogen-bond donors (Lipinski definition) is 0. The van der Waals surface area contributed by atoms with Gasteiger partial charge in [0.1, 0.15) is 10.5 Å². The third-order valence-corrected chi connectivity index (χ3v) is 6.41. The molecule has 0 amide bonds. The Morgan fingerprint density at radius 3 is 2.56 bits per heavy atom. The van der Waals surface area contributed by atoms with Crippen molar-refractivity contribution in [3.8, 4) is 5.75 Å². The maximum atomic E-state index is 12.6. The summed E-state index contributed by atoms with van der Waals surface area (Å²) in [6.45, 7) is 0. The van der Waals surface area contributed by atoms with Gasteiger partial charge in [-0.3, -0.25) is 4.31 Å². The van der Waals surface area contributed by atoms with E-state index in [9.17, 15) is 8.42 Å². The van der Waals surface area contributed by atoms with Crippen LogP contribution in [0.15, 0.2) is 30.4 Å². The molecule has 0 atom stereocenters. The van der Waals surface area contributed by atoms with Gasteiger partial charge < -0.3 is 4.74 Å². The number of hydrogen-bond acceptors (Lipinski definition) is 3. The van der Waals surface area contributed by atoms with Crippen molar-refractivity contribution in [2.75, 3.05) is 18.5 Å². The quantitative estimate of drug-likeness (QED) is 0.730. The molecule has 0 radical (unpaired) electrons. The second kappa shape index (κ2) is 3.51. The zero-order chi connectivity index (χ0) is 13.0. The Hall–Kier alpha value is -1.49. The van der Waals surface area contributed by atoms with Crippen LogP contribution in [0.2, 0.25) is 0 Å². The molecule has 0 N–H and O–H groups in total. The van der Waals surface area contributed by atoms with Crippen molar-refractivity contribution in [1.82, 2.24) is 0 Å². The molecule has 18 heavy (non-hydrogen) atoms. The molecule has 3 rings (SSSR count). The van der Waals surface area contributed by atoms with Crippen molar-refractivity contribution >= 4 is 15.7 Å². The Balaban J connectivity index is 2.29. The van der Waals surface area contributed by atoms with Crippen molar-refractivity contribution in [3.05, 3.63) is 35.9 Å². The van der Waals surface area contributed by atoms with E-state index in [2.05, 4.69) is 0 Å². The fourth-order valence-corrected chi connectivity index (χ4v) is 4.87. The largest absolute Gasteiger partial charge is 0.497 e. The Bertz CT molecular complexity index is 626. The first-order valence-electron chi connectivity index (χ1n) is 5.85. The van der Waals surface area contributed by atoms with E-state index in [1.165, 1.54) is 4.31 Å². The topological polar surface area (TPSA) is 46.6 Å². The van der Waals surface area contributed by atoms with Gasteiger partial charge in [-0.1, -0.05) is 12.2 Å². The molecule has 0 aromatic heterocycles. The minimum absolute atomic E-state index is 0.542. The molecule has 1 aromatic rings. The number of allylic oxidation sites excluding steroid dienone is 2. The number of ether oxygens (including phenoxy) is 1. The van der Waals surface area contributed by atoms with Gasteiger partial charge in [-0.05, 0) is 31.0 Å². The minimum Gasteiger partial charge on any atom is -0.497 e. The Morgan fingerprint density at radius 2 is 1.94 bits per heavy atom. The lowest BCUT2D eigenvalue weighted by molar-refractivity contribution is 0.413. The van der Waals surface area contributed by atoms with Gasteiger partial charge in [-0.15, -0.1) is 0 Å². The highest BCUT2D eigenvalue weighted by Crippen LogP contribution is 2.53. The second-order valence-corrected chi connectivity index (χ2v) is 7.01. The zero-order valence-electron chi connectivity index (χ0n) is 10.4. The molecule has 1 aromatic carbocycles. The van der Waals surface area contributed by atoms with Gasteiger partial charge in [0.05, 0.1) is 12.8 Å². The van der Waals surface area contributed by atoms with Crippen LogP contribution in [-0.4, -0.2) is 22.6 Å². The molecule has 0 saturated carbocycles. The number of anilines is 1. The van der Waals surface area contributed by atoms with Crippen LogP contribution in [0, 0.1) is 0 Å². The fraction of sp³-hybridized carbons (Fsp3) is 0.385. The lowest BCUT2D eigenvalue weighted by Crippen LogP contribution is -2.36.